The molecule has 10 aromatic rings. The largest absolute Gasteiger partial charge is 0.455 e. The van der Waals surface area contributed by atoms with E-state index in [0.29, 0.717) is 0 Å². The second-order valence-electron chi connectivity index (χ2n) is 12.1. The number of furan rings is 1. The molecule has 0 spiro atoms. The van der Waals surface area contributed by atoms with Gasteiger partial charge in [-0.1, -0.05) is 103 Å². The number of fused-ring (bicyclic) bond motifs is 10. The van der Waals surface area contributed by atoms with E-state index >= 15 is 0 Å². The highest BCUT2D eigenvalue weighted by Gasteiger charge is 2.19. The molecule has 8 aromatic carbocycles. The van der Waals surface area contributed by atoms with Gasteiger partial charge in [-0.05, 0) is 87.9 Å². The van der Waals surface area contributed by atoms with E-state index < -0.39 is 0 Å². The molecule has 0 unspecified atom stereocenters. The summed E-state index contributed by atoms with van der Waals surface area (Å²) < 4.78 is 9.06. The molecule has 0 N–H and O–H groups in total. The Labute approximate surface area is 275 Å². The van der Waals surface area contributed by atoms with E-state index in [1.807, 2.05) is 11.3 Å². The van der Waals surface area contributed by atoms with Crippen molar-refractivity contribution in [3.63, 3.8) is 0 Å². The van der Waals surface area contributed by atoms with Crippen LogP contribution in [0.5, 0.6) is 0 Å². The van der Waals surface area contributed by atoms with Crippen molar-refractivity contribution in [1.29, 1.82) is 0 Å². The SMILES string of the molecule is c1ccc(N(c2ccc(-c3ccc4ccccc4c3)cc2)c2ccc3c(c2)sc2ccc4oc5c6ccccc6ccc5c4c23)cc1. The maximum Gasteiger partial charge on any atom is 0.143 e. The summed E-state index contributed by atoms with van der Waals surface area (Å²) in [5, 5.41) is 9.77. The number of anilines is 3. The molecule has 0 atom stereocenters. The Hall–Kier alpha value is -5.90. The van der Waals surface area contributed by atoms with Crippen LogP contribution in [-0.2, 0) is 0 Å². The molecular weight excluding hydrogens is 591 g/mol. The Morgan fingerprint density at radius 2 is 1.09 bits per heavy atom. The molecule has 10 rings (SSSR count). The fraction of sp³-hybridized carbons (Fsp3) is 0. The molecule has 220 valence electrons. The maximum absolute atomic E-state index is 6.53. The van der Waals surface area contributed by atoms with Crippen LogP contribution < -0.4 is 4.90 Å². The van der Waals surface area contributed by atoms with E-state index in [1.165, 1.54) is 58.2 Å². The van der Waals surface area contributed by atoms with Crippen LogP contribution in [0.25, 0.3) is 74.8 Å². The quantitative estimate of drug-likeness (QED) is 0.195. The molecule has 0 aliphatic carbocycles. The van der Waals surface area contributed by atoms with Gasteiger partial charge >= 0.3 is 0 Å². The van der Waals surface area contributed by atoms with Gasteiger partial charge in [-0.2, -0.15) is 0 Å². The Morgan fingerprint density at radius 3 is 1.96 bits per heavy atom. The van der Waals surface area contributed by atoms with Gasteiger partial charge in [0.1, 0.15) is 11.2 Å². The molecule has 0 saturated heterocycles. The van der Waals surface area contributed by atoms with Crippen molar-refractivity contribution in [3.05, 3.63) is 164 Å². The zero-order valence-corrected chi connectivity index (χ0v) is 26.2. The van der Waals surface area contributed by atoms with Crippen LogP contribution >= 0.6 is 11.3 Å². The summed E-state index contributed by atoms with van der Waals surface area (Å²) in [7, 11) is 0. The third-order valence-corrected chi connectivity index (χ3v) is 10.5. The normalized spacial score (nSPS) is 11.8. The van der Waals surface area contributed by atoms with E-state index in [4.69, 9.17) is 4.42 Å². The van der Waals surface area contributed by atoms with E-state index in [0.717, 1.165) is 33.6 Å². The second-order valence-corrected chi connectivity index (χ2v) is 13.2. The first kappa shape index (κ1) is 26.3. The molecule has 0 aliphatic heterocycles. The summed E-state index contributed by atoms with van der Waals surface area (Å²) in [6.07, 6.45) is 0. The Balaban J connectivity index is 1.11. The lowest BCUT2D eigenvalue weighted by Crippen LogP contribution is -2.09. The third-order valence-electron chi connectivity index (χ3n) is 9.43. The highest BCUT2D eigenvalue weighted by molar-refractivity contribution is 7.26. The smallest absolute Gasteiger partial charge is 0.143 e. The molecule has 2 heterocycles. The van der Waals surface area contributed by atoms with Crippen LogP contribution in [0.3, 0.4) is 0 Å². The number of hydrogen-bond donors (Lipinski definition) is 0. The van der Waals surface area contributed by atoms with Crippen molar-refractivity contribution in [2.75, 3.05) is 4.90 Å². The molecule has 2 nitrogen and oxygen atoms in total. The highest BCUT2D eigenvalue weighted by Crippen LogP contribution is 2.46. The van der Waals surface area contributed by atoms with Gasteiger partial charge in [0.25, 0.3) is 0 Å². The standard InChI is InChI=1S/C44H27NOS/c1-2-11-33(12-3-1)45(34-19-16-29(17-20-34)32-15-14-28-8-4-5-10-31(28)26-32)35-21-23-37-41(27-35)47-40-25-24-39-42(43(37)40)38-22-18-30-9-6-7-13-36(30)44(38)46-39/h1-27H. The number of rotatable bonds is 4. The van der Waals surface area contributed by atoms with Crippen molar-refractivity contribution in [2.24, 2.45) is 0 Å². The molecule has 47 heavy (non-hydrogen) atoms. The zero-order chi connectivity index (χ0) is 30.9. The summed E-state index contributed by atoms with van der Waals surface area (Å²) in [5.41, 5.74) is 7.70. The van der Waals surface area contributed by atoms with E-state index in [2.05, 4.69) is 169 Å². The van der Waals surface area contributed by atoms with Gasteiger partial charge in [0, 0.05) is 53.4 Å². The predicted molar refractivity (Wildman–Crippen MR) is 202 cm³/mol. The van der Waals surface area contributed by atoms with Crippen molar-refractivity contribution in [3.8, 4) is 11.1 Å². The Bertz CT molecular complexity index is 2790. The molecule has 2 aromatic heterocycles. The second kappa shape index (κ2) is 10.3. The predicted octanol–water partition coefficient (Wildman–Crippen LogP) is 13.4. The van der Waals surface area contributed by atoms with Crippen LogP contribution in [0.1, 0.15) is 0 Å². The average molecular weight is 618 g/mol. The van der Waals surface area contributed by atoms with Crippen molar-refractivity contribution >= 4 is 92.1 Å². The summed E-state index contributed by atoms with van der Waals surface area (Å²) in [4.78, 5) is 2.35. The van der Waals surface area contributed by atoms with E-state index in [9.17, 15) is 0 Å². The van der Waals surface area contributed by atoms with Crippen LogP contribution in [-0.4, -0.2) is 0 Å². The molecule has 0 saturated carbocycles. The molecule has 0 fully saturated rings. The number of para-hydroxylation sites is 1. The van der Waals surface area contributed by atoms with Gasteiger partial charge in [-0.15, -0.1) is 11.3 Å². The van der Waals surface area contributed by atoms with Crippen molar-refractivity contribution < 1.29 is 4.42 Å². The Kier molecular flexibility index (Phi) is 5.78. The first-order valence-electron chi connectivity index (χ1n) is 15.9. The molecule has 0 amide bonds. The van der Waals surface area contributed by atoms with Crippen LogP contribution in [0.15, 0.2) is 168 Å². The van der Waals surface area contributed by atoms with E-state index in [-0.39, 0.29) is 0 Å². The zero-order valence-electron chi connectivity index (χ0n) is 25.4. The van der Waals surface area contributed by atoms with Crippen LogP contribution in [0.4, 0.5) is 17.1 Å². The fourth-order valence-corrected chi connectivity index (χ4v) is 8.33. The lowest BCUT2D eigenvalue weighted by Gasteiger charge is -2.25. The van der Waals surface area contributed by atoms with Crippen LogP contribution in [0, 0.1) is 0 Å². The summed E-state index contributed by atoms with van der Waals surface area (Å²) in [5.74, 6) is 0. The Morgan fingerprint density at radius 1 is 0.404 bits per heavy atom. The lowest BCUT2D eigenvalue weighted by molar-refractivity contribution is 0.673. The molecule has 0 aliphatic rings. The van der Waals surface area contributed by atoms with Gasteiger partial charge in [0.15, 0.2) is 0 Å². The van der Waals surface area contributed by atoms with E-state index in [1.54, 1.807) is 0 Å². The number of thiophene rings is 1. The van der Waals surface area contributed by atoms with Gasteiger partial charge < -0.3 is 9.32 Å². The molecule has 0 radical (unpaired) electrons. The van der Waals surface area contributed by atoms with Crippen LogP contribution in [0.2, 0.25) is 0 Å². The fourth-order valence-electron chi connectivity index (χ4n) is 7.18. The minimum absolute atomic E-state index is 0.935. The van der Waals surface area contributed by atoms with Gasteiger partial charge in [0.05, 0.1) is 0 Å². The minimum atomic E-state index is 0.935. The summed E-state index contributed by atoms with van der Waals surface area (Å²) >= 11 is 1.85. The first-order chi connectivity index (χ1) is 23.3. The highest BCUT2D eigenvalue weighted by atomic mass is 32.1. The maximum atomic E-state index is 6.53. The summed E-state index contributed by atoms with van der Waals surface area (Å²) in [6.45, 7) is 0. The molecule has 0 bridgehead atoms. The lowest BCUT2D eigenvalue weighted by atomic mass is 10.0. The van der Waals surface area contributed by atoms with Gasteiger partial charge in [-0.3, -0.25) is 0 Å². The summed E-state index contributed by atoms with van der Waals surface area (Å²) in [6, 6.07) is 58.9. The minimum Gasteiger partial charge on any atom is -0.455 e. The molecule has 3 heteroatoms. The molecular formula is C44H27NOS. The van der Waals surface area contributed by atoms with Gasteiger partial charge in [-0.25, -0.2) is 0 Å². The average Bonchev–Trinajstić information content (AvgIpc) is 3.70. The first-order valence-corrected chi connectivity index (χ1v) is 16.7. The van der Waals surface area contributed by atoms with Crippen molar-refractivity contribution in [2.45, 2.75) is 0 Å². The van der Waals surface area contributed by atoms with Crippen molar-refractivity contribution in [1.82, 2.24) is 0 Å². The topological polar surface area (TPSA) is 16.4 Å². The number of hydrogen-bond acceptors (Lipinski definition) is 3. The number of benzene rings is 8. The van der Waals surface area contributed by atoms with Gasteiger partial charge in [0.2, 0.25) is 0 Å². The number of nitrogens with zero attached hydrogens (tertiary/aromatic N) is 1. The third kappa shape index (κ3) is 4.17. The monoisotopic (exact) mass is 617 g/mol.